The standard InChI is InChI=1S/C2H8N2.4C2H4O2.C2H6O/c3-1-2-4;4*1-2(3)4;1-2-3/h1-4H2;4*1H3,(H,3,4);3H,2H2,1H3. The van der Waals surface area contributed by atoms with E-state index in [2.05, 4.69) is 0 Å². The van der Waals surface area contributed by atoms with Gasteiger partial charge in [-0.3, -0.25) is 19.2 Å². The van der Waals surface area contributed by atoms with Crippen LogP contribution >= 0.6 is 0 Å². The second-order valence-electron chi connectivity index (χ2n) is 2.97. The fraction of sp³-hybridized carbons (Fsp3) is 0.667. The smallest absolute Gasteiger partial charge is 0.300 e. The summed E-state index contributed by atoms with van der Waals surface area (Å²) >= 11 is 0. The summed E-state index contributed by atoms with van der Waals surface area (Å²) in [5, 5.41) is 37.2. The second kappa shape index (κ2) is 42.7. The van der Waals surface area contributed by atoms with Gasteiger partial charge in [-0.2, -0.15) is 0 Å². The lowest BCUT2D eigenvalue weighted by Crippen LogP contribution is -2.11. The van der Waals surface area contributed by atoms with E-state index in [1.807, 2.05) is 0 Å². The Morgan fingerprint density at radius 2 is 0.696 bits per heavy atom. The Morgan fingerprint density at radius 1 is 0.652 bits per heavy atom. The van der Waals surface area contributed by atoms with Gasteiger partial charge in [0.1, 0.15) is 0 Å². The quantitative estimate of drug-likeness (QED) is 0.313. The number of rotatable bonds is 1. The molecular formula is C12H30N2O9. The molecular weight excluding hydrogens is 316 g/mol. The summed E-state index contributed by atoms with van der Waals surface area (Å²) in [6, 6.07) is 0. The zero-order valence-corrected chi connectivity index (χ0v) is 14.1. The lowest BCUT2D eigenvalue weighted by Gasteiger charge is -1.72. The van der Waals surface area contributed by atoms with Gasteiger partial charge in [0.15, 0.2) is 0 Å². The Morgan fingerprint density at radius 3 is 0.696 bits per heavy atom. The highest BCUT2D eigenvalue weighted by atomic mass is 16.4. The lowest BCUT2D eigenvalue weighted by molar-refractivity contribution is -0.135. The van der Waals surface area contributed by atoms with Crippen LogP contribution in [0.15, 0.2) is 0 Å². The predicted octanol–water partition coefficient (Wildman–Crippen LogP) is -0.734. The number of hydrogen-bond donors (Lipinski definition) is 7. The van der Waals surface area contributed by atoms with Crippen LogP contribution in [0.25, 0.3) is 0 Å². The Labute approximate surface area is 135 Å². The highest BCUT2D eigenvalue weighted by Gasteiger charge is 1.66. The lowest BCUT2D eigenvalue weighted by atomic mass is 10.7. The molecule has 0 amide bonds. The minimum atomic E-state index is -0.833. The molecule has 0 heterocycles. The van der Waals surface area contributed by atoms with Crippen molar-refractivity contribution in [3.05, 3.63) is 0 Å². The van der Waals surface area contributed by atoms with Crippen molar-refractivity contribution in [3.8, 4) is 0 Å². The third-order valence-electron chi connectivity index (χ3n) is 0.167. The number of aliphatic hydroxyl groups excluding tert-OH is 1. The molecule has 0 saturated heterocycles. The molecule has 0 atom stereocenters. The molecule has 23 heavy (non-hydrogen) atoms. The molecule has 11 heteroatoms. The van der Waals surface area contributed by atoms with Gasteiger partial charge in [-0.1, -0.05) is 0 Å². The number of carbonyl (C=O) groups is 4. The molecule has 0 saturated carbocycles. The number of aliphatic hydroxyl groups is 1. The Balaban J connectivity index is -0.0000000378. The van der Waals surface area contributed by atoms with Gasteiger partial charge in [-0.15, -0.1) is 0 Å². The van der Waals surface area contributed by atoms with Gasteiger partial charge < -0.3 is 37.0 Å². The number of aliphatic carboxylic acids is 4. The maximum atomic E-state index is 9.00. The van der Waals surface area contributed by atoms with Gasteiger partial charge in [0.25, 0.3) is 23.9 Å². The molecule has 9 N–H and O–H groups in total. The third kappa shape index (κ3) is 4050. The molecule has 0 rings (SSSR count). The maximum Gasteiger partial charge on any atom is 0.300 e. The van der Waals surface area contributed by atoms with Gasteiger partial charge in [-0.25, -0.2) is 0 Å². The normalized spacial score (nSPS) is 6.43. The topological polar surface area (TPSA) is 221 Å². The minimum absolute atomic E-state index is 0.250. The summed E-state index contributed by atoms with van der Waals surface area (Å²) < 4.78 is 0. The largest absolute Gasteiger partial charge is 0.481 e. The fourth-order valence-corrected chi connectivity index (χ4v) is 0. The first kappa shape index (κ1) is 37.2. The molecule has 0 unspecified atom stereocenters. The average Bonchev–Trinajstić information content (AvgIpc) is 2.26. The van der Waals surface area contributed by atoms with Crippen LogP contribution < -0.4 is 11.5 Å². The Bertz CT molecular complexity index is 205. The monoisotopic (exact) mass is 346 g/mol. The van der Waals surface area contributed by atoms with Crippen molar-refractivity contribution in [2.45, 2.75) is 34.6 Å². The number of carboxylic acids is 4. The van der Waals surface area contributed by atoms with Gasteiger partial charge in [-0.05, 0) is 6.92 Å². The summed E-state index contributed by atoms with van der Waals surface area (Å²) in [5.74, 6) is -3.33. The zero-order chi connectivity index (χ0) is 20.4. The first-order valence-corrected chi connectivity index (χ1v) is 6.05. The highest BCUT2D eigenvalue weighted by molar-refractivity contribution is 5.63. The van der Waals surface area contributed by atoms with Crippen LogP contribution in [0, 0.1) is 0 Å². The molecule has 11 nitrogen and oxygen atoms in total. The predicted molar refractivity (Wildman–Crippen MR) is 84.1 cm³/mol. The average molecular weight is 346 g/mol. The molecule has 0 spiro atoms. The van der Waals surface area contributed by atoms with Crippen molar-refractivity contribution in [1.29, 1.82) is 0 Å². The summed E-state index contributed by atoms with van der Waals surface area (Å²) in [7, 11) is 0. The van der Waals surface area contributed by atoms with Crippen molar-refractivity contribution in [1.82, 2.24) is 0 Å². The van der Waals surface area contributed by atoms with Crippen LogP contribution in [-0.4, -0.2) is 69.1 Å². The first-order chi connectivity index (χ1) is 10.3. The van der Waals surface area contributed by atoms with Crippen LogP contribution in [0.2, 0.25) is 0 Å². The van der Waals surface area contributed by atoms with E-state index in [4.69, 9.17) is 56.2 Å². The number of hydrogen-bond acceptors (Lipinski definition) is 7. The van der Waals surface area contributed by atoms with E-state index >= 15 is 0 Å². The van der Waals surface area contributed by atoms with Crippen LogP contribution in [0.5, 0.6) is 0 Å². The number of carboxylic acid groups (broad SMARTS) is 4. The Kier molecular flexibility index (Phi) is 69.1. The van der Waals surface area contributed by atoms with Gasteiger partial charge in [0.05, 0.1) is 0 Å². The van der Waals surface area contributed by atoms with E-state index in [-0.39, 0.29) is 6.61 Å². The first-order valence-electron chi connectivity index (χ1n) is 6.05. The molecule has 0 fully saturated rings. The third-order valence-corrected chi connectivity index (χ3v) is 0.167. The highest BCUT2D eigenvalue weighted by Crippen LogP contribution is 1.43. The summed E-state index contributed by atoms with van der Waals surface area (Å²) in [4.78, 5) is 36.0. The summed E-state index contributed by atoms with van der Waals surface area (Å²) in [6.07, 6.45) is 0. The van der Waals surface area contributed by atoms with Crippen molar-refractivity contribution in [3.63, 3.8) is 0 Å². The number of nitrogens with two attached hydrogens (primary N) is 2. The van der Waals surface area contributed by atoms with Crippen LogP contribution in [0.3, 0.4) is 0 Å². The molecule has 0 aromatic rings. The molecule has 0 aliphatic carbocycles. The van der Waals surface area contributed by atoms with Gasteiger partial charge in [0, 0.05) is 47.4 Å². The molecule has 0 aliphatic rings. The van der Waals surface area contributed by atoms with E-state index in [0.29, 0.717) is 13.1 Å². The maximum absolute atomic E-state index is 9.00. The van der Waals surface area contributed by atoms with Crippen molar-refractivity contribution in [2.75, 3.05) is 19.7 Å². The molecule has 0 radical (unpaired) electrons. The second-order valence-corrected chi connectivity index (χ2v) is 2.97. The van der Waals surface area contributed by atoms with Crippen LogP contribution in [0.1, 0.15) is 34.6 Å². The van der Waals surface area contributed by atoms with Gasteiger partial charge >= 0.3 is 0 Å². The van der Waals surface area contributed by atoms with Crippen molar-refractivity contribution < 1.29 is 44.7 Å². The zero-order valence-electron chi connectivity index (χ0n) is 14.1. The van der Waals surface area contributed by atoms with E-state index in [0.717, 1.165) is 27.7 Å². The van der Waals surface area contributed by atoms with E-state index in [1.165, 1.54) is 0 Å². The Hall–Kier alpha value is -2.24. The molecule has 0 bridgehead atoms. The van der Waals surface area contributed by atoms with Gasteiger partial charge in [0.2, 0.25) is 0 Å². The SMILES string of the molecule is CC(=O)O.CC(=O)O.CC(=O)O.CC(=O)O.CCO.NCCN. The van der Waals surface area contributed by atoms with E-state index in [9.17, 15) is 0 Å². The molecule has 142 valence electrons. The van der Waals surface area contributed by atoms with Crippen molar-refractivity contribution >= 4 is 23.9 Å². The summed E-state index contributed by atoms with van der Waals surface area (Å²) in [5.41, 5.74) is 9.81. The summed E-state index contributed by atoms with van der Waals surface area (Å²) in [6.45, 7) is 7.46. The van der Waals surface area contributed by atoms with E-state index < -0.39 is 23.9 Å². The van der Waals surface area contributed by atoms with E-state index in [1.54, 1.807) is 6.92 Å². The molecule has 0 aromatic heterocycles. The van der Waals surface area contributed by atoms with Crippen molar-refractivity contribution in [2.24, 2.45) is 11.5 Å². The molecule has 0 aliphatic heterocycles. The van der Waals surface area contributed by atoms with Crippen LogP contribution in [0.4, 0.5) is 0 Å². The fourth-order valence-electron chi connectivity index (χ4n) is 0. The van der Waals surface area contributed by atoms with Crippen LogP contribution in [-0.2, 0) is 19.2 Å². The minimum Gasteiger partial charge on any atom is -0.481 e. The molecule has 0 aromatic carbocycles.